The third kappa shape index (κ3) is 4.28. The maximum Gasteiger partial charge on any atom is 0.220 e. The fourth-order valence-electron chi connectivity index (χ4n) is 2.18. The summed E-state index contributed by atoms with van der Waals surface area (Å²) in [5.74, 6) is 0.0530. The van der Waals surface area contributed by atoms with Gasteiger partial charge in [0.1, 0.15) is 0 Å². The second kappa shape index (κ2) is 6.58. The standard InChI is InChI=1S/C15H23N3O2S/c1-11-8-18-12(9-21-14(18)17-11)4-5-13(20)16-10-15(2,3)6-7-19/h8-9,19H,4-7,10H2,1-3H3,(H,16,20). The first-order valence-corrected chi connectivity index (χ1v) is 8.09. The fourth-order valence-corrected chi connectivity index (χ4v) is 3.13. The SMILES string of the molecule is Cc1cn2c(CCC(=O)NCC(C)(C)CCO)csc2n1. The first kappa shape index (κ1) is 16.0. The highest BCUT2D eigenvalue weighted by atomic mass is 32.1. The highest BCUT2D eigenvalue weighted by molar-refractivity contribution is 7.15. The number of fused-ring (bicyclic) bond motifs is 1. The van der Waals surface area contributed by atoms with Crippen molar-refractivity contribution in [1.82, 2.24) is 14.7 Å². The van der Waals surface area contributed by atoms with E-state index in [1.54, 1.807) is 11.3 Å². The number of rotatable bonds is 7. The Morgan fingerprint density at radius 2 is 2.29 bits per heavy atom. The van der Waals surface area contributed by atoms with Gasteiger partial charge in [-0.25, -0.2) is 4.98 Å². The maximum atomic E-state index is 11.9. The van der Waals surface area contributed by atoms with Crippen LogP contribution in [0.3, 0.4) is 0 Å². The topological polar surface area (TPSA) is 66.6 Å². The summed E-state index contributed by atoms with van der Waals surface area (Å²) in [6.45, 7) is 6.80. The Labute approximate surface area is 129 Å². The fraction of sp³-hybridized carbons (Fsp3) is 0.600. The van der Waals surface area contributed by atoms with Gasteiger partial charge in [-0.2, -0.15) is 0 Å². The van der Waals surface area contributed by atoms with Gasteiger partial charge in [-0.05, 0) is 25.2 Å². The van der Waals surface area contributed by atoms with Crippen LogP contribution in [0.4, 0.5) is 0 Å². The Hall–Kier alpha value is -1.40. The molecule has 116 valence electrons. The zero-order valence-electron chi connectivity index (χ0n) is 12.8. The number of hydrogen-bond acceptors (Lipinski definition) is 4. The molecule has 5 nitrogen and oxygen atoms in total. The quantitative estimate of drug-likeness (QED) is 0.823. The Morgan fingerprint density at radius 3 is 3.00 bits per heavy atom. The molecule has 0 saturated carbocycles. The number of carbonyl (C=O) groups excluding carboxylic acids is 1. The number of nitrogens with zero attached hydrogens (tertiary/aromatic N) is 2. The van der Waals surface area contributed by atoms with Crippen LogP contribution in [0, 0.1) is 12.3 Å². The summed E-state index contributed by atoms with van der Waals surface area (Å²) in [6, 6.07) is 0. The van der Waals surface area contributed by atoms with Crippen molar-refractivity contribution in [2.75, 3.05) is 13.2 Å². The highest BCUT2D eigenvalue weighted by Gasteiger charge is 2.18. The van der Waals surface area contributed by atoms with Gasteiger partial charge >= 0.3 is 0 Å². The van der Waals surface area contributed by atoms with Crippen molar-refractivity contribution in [2.45, 2.75) is 40.0 Å². The van der Waals surface area contributed by atoms with Gasteiger partial charge in [0.25, 0.3) is 0 Å². The third-order valence-corrected chi connectivity index (χ3v) is 4.45. The normalized spacial score (nSPS) is 12.0. The molecule has 6 heteroatoms. The van der Waals surface area contributed by atoms with E-state index in [1.807, 2.05) is 27.0 Å². The predicted octanol–water partition coefficient (Wildman–Crippen LogP) is 2.16. The Kier molecular flexibility index (Phi) is 5.00. The molecule has 0 aromatic carbocycles. The van der Waals surface area contributed by atoms with E-state index in [9.17, 15) is 4.79 Å². The molecule has 0 saturated heterocycles. The average Bonchev–Trinajstić information content (AvgIpc) is 2.93. The molecular formula is C15H23N3O2S. The zero-order chi connectivity index (χ0) is 15.5. The molecule has 0 aliphatic carbocycles. The van der Waals surface area contributed by atoms with Crippen molar-refractivity contribution in [1.29, 1.82) is 0 Å². The van der Waals surface area contributed by atoms with E-state index in [4.69, 9.17) is 5.11 Å². The first-order valence-electron chi connectivity index (χ1n) is 7.21. The van der Waals surface area contributed by atoms with Crippen LogP contribution in [-0.2, 0) is 11.2 Å². The lowest BCUT2D eigenvalue weighted by molar-refractivity contribution is -0.121. The number of aliphatic hydroxyl groups is 1. The van der Waals surface area contributed by atoms with E-state index in [1.165, 1.54) is 0 Å². The molecule has 0 atom stereocenters. The van der Waals surface area contributed by atoms with Gasteiger partial charge in [0.2, 0.25) is 5.91 Å². The van der Waals surface area contributed by atoms with Crippen molar-refractivity contribution < 1.29 is 9.90 Å². The van der Waals surface area contributed by atoms with Crippen LogP contribution in [0.25, 0.3) is 4.96 Å². The lowest BCUT2D eigenvalue weighted by Crippen LogP contribution is -2.34. The number of aryl methyl sites for hydroxylation is 2. The zero-order valence-corrected chi connectivity index (χ0v) is 13.7. The monoisotopic (exact) mass is 309 g/mol. The van der Waals surface area contributed by atoms with E-state index >= 15 is 0 Å². The summed E-state index contributed by atoms with van der Waals surface area (Å²) in [5, 5.41) is 14.0. The van der Waals surface area contributed by atoms with Crippen molar-refractivity contribution in [3.05, 3.63) is 23.0 Å². The molecule has 2 N–H and O–H groups in total. The van der Waals surface area contributed by atoms with E-state index < -0.39 is 0 Å². The summed E-state index contributed by atoms with van der Waals surface area (Å²) in [7, 11) is 0. The van der Waals surface area contributed by atoms with Crippen LogP contribution >= 0.6 is 11.3 Å². The lowest BCUT2D eigenvalue weighted by atomic mass is 9.90. The molecule has 0 unspecified atom stereocenters. The molecule has 0 radical (unpaired) electrons. The van der Waals surface area contributed by atoms with Crippen LogP contribution in [0.15, 0.2) is 11.6 Å². The van der Waals surface area contributed by atoms with Gasteiger partial charge in [0.05, 0.1) is 5.69 Å². The highest BCUT2D eigenvalue weighted by Crippen LogP contribution is 2.19. The summed E-state index contributed by atoms with van der Waals surface area (Å²) in [4.78, 5) is 17.3. The number of imidazole rings is 1. The second-order valence-electron chi connectivity index (χ2n) is 6.18. The molecule has 2 aromatic rings. The predicted molar refractivity (Wildman–Crippen MR) is 84.6 cm³/mol. The minimum absolute atomic E-state index is 0.0530. The van der Waals surface area contributed by atoms with Crippen molar-refractivity contribution in [3.8, 4) is 0 Å². The number of amides is 1. The van der Waals surface area contributed by atoms with Crippen molar-refractivity contribution >= 4 is 22.2 Å². The van der Waals surface area contributed by atoms with Crippen LogP contribution < -0.4 is 5.32 Å². The van der Waals surface area contributed by atoms with Crippen LogP contribution in [0.1, 0.15) is 38.1 Å². The number of thiazole rings is 1. The second-order valence-corrected chi connectivity index (χ2v) is 7.01. The summed E-state index contributed by atoms with van der Waals surface area (Å²) < 4.78 is 2.06. The summed E-state index contributed by atoms with van der Waals surface area (Å²) >= 11 is 1.60. The average molecular weight is 309 g/mol. The van der Waals surface area contributed by atoms with E-state index in [0.29, 0.717) is 25.8 Å². The van der Waals surface area contributed by atoms with E-state index in [2.05, 4.69) is 20.1 Å². The van der Waals surface area contributed by atoms with Gasteiger partial charge in [0.15, 0.2) is 4.96 Å². The molecule has 0 aliphatic rings. The van der Waals surface area contributed by atoms with Gasteiger partial charge in [-0.1, -0.05) is 13.8 Å². The summed E-state index contributed by atoms with van der Waals surface area (Å²) in [6.07, 6.45) is 3.87. The Bertz CT molecular complexity index is 615. The molecule has 1 amide bonds. The van der Waals surface area contributed by atoms with Crippen molar-refractivity contribution in [3.63, 3.8) is 0 Å². The van der Waals surface area contributed by atoms with E-state index in [-0.39, 0.29) is 17.9 Å². The Balaban J connectivity index is 1.84. The minimum Gasteiger partial charge on any atom is -0.396 e. The van der Waals surface area contributed by atoms with Crippen LogP contribution in [0.2, 0.25) is 0 Å². The van der Waals surface area contributed by atoms with Gasteiger partial charge in [-0.3, -0.25) is 9.20 Å². The number of carbonyl (C=O) groups is 1. The van der Waals surface area contributed by atoms with Gasteiger partial charge < -0.3 is 10.4 Å². The number of aliphatic hydroxyl groups excluding tert-OH is 1. The van der Waals surface area contributed by atoms with Crippen molar-refractivity contribution in [2.24, 2.45) is 5.41 Å². The van der Waals surface area contributed by atoms with Gasteiger partial charge in [-0.15, -0.1) is 11.3 Å². The number of hydrogen-bond donors (Lipinski definition) is 2. The molecular weight excluding hydrogens is 286 g/mol. The number of aromatic nitrogens is 2. The smallest absolute Gasteiger partial charge is 0.220 e. The molecule has 0 bridgehead atoms. The maximum absolute atomic E-state index is 11.9. The molecule has 2 aromatic heterocycles. The largest absolute Gasteiger partial charge is 0.396 e. The molecule has 2 rings (SSSR count). The van der Waals surface area contributed by atoms with Crippen LogP contribution in [0.5, 0.6) is 0 Å². The first-order chi connectivity index (χ1) is 9.91. The lowest BCUT2D eigenvalue weighted by Gasteiger charge is -2.23. The minimum atomic E-state index is -0.0679. The molecule has 21 heavy (non-hydrogen) atoms. The summed E-state index contributed by atoms with van der Waals surface area (Å²) in [5.41, 5.74) is 2.06. The van der Waals surface area contributed by atoms with Crippen LogP contribution in [-0.4, -0.2) is 33.6 Å². The number of nitrogens with one attached hydrogen (secondary N) is 1. The Morgan fingerprint density at radius 1 is 1.52 bits per heavy atom. The molecule has 0 aliphatic heterocycles. The van der Waals surface area contributed by atoms with Gasteiger partial charge in [0, 0.05) is 36.8 Å². The molecule has 0 fully saturated rings. The van der Waals surface area contributed by atoms with E-state index in [0.717, 1.165) is 16.3 Å². The third-order valence-electron chi connectivity index (χ3n) is 3.56. The molecule has 2 heterocycles. The molecule has 0 spiro atoms.